The Hall–Kier alpha value is -2.54. The Bertz CT molecular complexity index is 1210. The minimum atomic E-state index is -1.72. The average molecular weight is 464 g/mol. The van der Waals surface area contributed by atoms with Crippen molar-refractivity contribution < 1.29 is 64.3 Å². The molecule has 4 rings (SSSR count). The van der Waals surface area contributed by atoms with Gasteiger partial charge in [0.25, 0.3) is 0 Å². The van der Waals surface area contributed by atoms with E-state index in [1.165, 1.54) is 17.7 Å². The summed E-state index contributed by atoms with van der Waals surface area (Å²) in [5.74, 6) is -2.74. The van der Waals surface area contributed by atoms with Gasteiger partial charge < -0.3 is 35.3 Å². The summed E-state index contributed by atoms with van der Waals surface area (Å²) in [5, 5.41) is 54.2. The number of fused-ring (bicyclic) bond motifs is 3. The molecule has 1 aliphatic rings. The number of nitrogens with one attached hydrogen (secondary N) is 1. The molecule has 4 N–H and O–H groups in total. The predicted octanol–water partition coefficient (Wildman–Crippen LogP) is -4.62. The smallest absolute Gasteiger partial charge is 0.542 e. The molecule has 0 radical (unpaired) electrons. The first-order valence-corrected chi connectivity index (χ1v) is 9.88. The molecule has 1 amide bonds. The molecule has 0 saturated heterocycles. The summed E-state index contributed by atoms with van der Waals surface area (Å²) in [5.41, 5.74) is 1.11. The second-order valence-corrected chi connectivity index (χ2v) is 7.55. The summed E-state index contributed by atoms with van der Waals surface area (Å²) in [6, 6.07) is 9.13. The molecule has 0 fully saturated rings. The van der Waals surface area contributed by atoms with E-state index in [-0.39, 0.29) is 29.6 Å². The molecule has 168 valence electrons. The van der Waals surface area contributed by atoms with Crippen LogP contribution in [-0.2, 0) is 14.3 Å². The number of hydrogen-bond acceptors (Lipinski definition) is 9. The number of carbonyl (C=O) groups excluding carboxylic acids is 2. The van der Waals surface area contributed by atoms with Crippen LogP contribution in [0.25, 0.3) is 21.8 Å². The fourth-order valence-electron chi connectivity index (χ4n) is 3.96. The van der Waals surface area contributed by atoms with Gasteiger partial charge in [0, 0.05) is 12.3 Å². The van der Waals surface area contributed by atoms with Crippen LogP contribution in [-0.4, -0.2) is 73.2 Å². The number of ether oxygens (including phenoxy) is 1. The Morgan fingerprint density at radius 1 is 1.24 bits per heavy atom. The van der Waals surface area contributed by atoms with Crippen molar-refractivity contribution >= 4 is 33.7 Å². The van der Waals surface area contributed by atoms with Crippen molar-refractivity contribution in [3.05, 3.63) is 48.2 Å². The molecule has 11 nitrogen and oxygen atoms in total. The van der Waals surface area contributed by atoms with Gasteiger partial charge in [-0.15, -0.1) is 5.10 Å². The van der Waals surface area contributed by atoms with Crippen LogP contribution in [0.5, 0.6) is 0 Å². The number of carbonyl (C=O) groups is 2. The number of carboxylic acids is 1. The van der Waals surface area contributed by atoms with Crippen LogP contribution in [0.2, 0.25) is 0 Å². The van der Waals surface area contributed by atoms with Gasteiger partial charge in [0.15, 0.2) is 0 Å². The van der Waals surface area contributed by atoms with E-state index in [0.29, 0.717) is 11.0 Å². The van der Waals surface area contributed by atoms with Crippen molar-refractivity contribution in [3.8, 4) is 0 Å². The minimum Gasteiger partial charge on any atom is -0.542 e. The Morgan fingerprint density at radius 2 is 1.97 bits per heavy atom. The zero-order valence-electron chi connectivity index (χ0n) is 18.0. The Kier molecular flexibility index (Phi) is 7.73. The van der Waals surface area contributed by atoms with Gasteiger partial charge in [0.1, 0.15) is 41.6 Å². The van der Waals surface area contributed by atoms with Gasteiger partial charge in [-0.1, -0.05) is 35.5 Å². The maximum Gasteiger partial charge on any atom is 1.00 e. The van der Waals surface area contributed by atoms with Gasteiger partial charge in [-0.25, -0.2) is 4.68 Å². The molecule has 0 unspecified atom stereocenters. The number of amides is 1. The van der Waals surface area contributed by atoms with Crippen molar-refractivity contribution in [1.29, 1.82) is 0 Å². The van der Waals surface area contributed by atoms with Crippen molar-refractivity contribution in [2.75, 3.05) is 6.61 Å². The van der Waals surface area contributed by atoms with Crippen LogP contribution in [0, 0.1) is 0 Å². The maximum absolute atomic E-state index is 11.9. The molecule has 5 atom stereocenters. The number of aliphatic carboxylic acids is 1. The number of aliphatic hydroxyl groups is 3. The Labute approximate surface area is 209 Å². The van der Waals surface area contributed by atoms with E-state index in [9.17, 15) is 30.0 Å². The van der Waals surface area contributed by atoms with E-state index < -0.39 is 54.6 Å². The molecule has 1 aliphatic heterocycles. The zero-order chi connectivity index (χ0) is 23.0. The summed E-state index contributed by atoms with van der Waals surface area (Å²) in [6.07, 6.45) is -3.59. The van der Waals surface area contributed by atoms with Crippen molar-refractivity contribution in [1.82, 2.24) is 20.3 Å². The predicted molar refractivity (Wildman–Crippen MR) is 109 cm³/mol. The first kappa shape index (κ1) is 25.1. The van der Waals surface area contributed by atoms with Crippen molar-refractivity contribution in [3.63, 3.8) is 0 Å². The normalized spacial score (nSPS) is 22.1. The molecule has 12 heteroatoms. The fraction of sp³-hybridized carbons (Fsp3) is 0.333. The van der Waals surface area contributed by atoms with Crippen LogP contribution < -0.4 is 40.0 Å². The van der Waals surface area contributed by atoms with Gasteiger partial charge >= 0.3 is 29.6 Å². The molecule has 33 heavy (non-hydrogen) atoms. The molecular weight excluding hydrogens is 443 g/mol. The third-order valence-corrected chi connectivity index (χ3v) is 5.45. The van der Waals surface area contributed by atoms with Crippen LogP contribution in [0.4, 0.5) is 0 Å². The standard InChI is InChI=1S/C21H22N4O7.Na/c1-10(27)22-18-14(8-16(21(30)31)32-20(18)19(29)15(28)9-26)25-13-7-6-11-4-2-3-5-12(11)17(13)23-24-25;/h2-8,14-15,18-20,26,28-29H,9H2,1H3,(H,22,27)(H,30,31);/q;+1/p-1/t14-,15+,18+,19+,20+;/m0./s1. The third-order valence-electron chi connectivity index (χ3n) is 5.45. The summed E-state index contributed by atoms with van der Waals surface area (Å²) < 4.78 is 6.77. The molecule has 0 spiro atoms. The molecule has 3 aromatic rings. The minimum absolute atomic E-state index is 0. The van der Waals surface area contributed by atoms with Gasteiger partial charge in [0.2, 0.25) is 5.91 Å². The summed E-state index contributed by atoms with van der Waals surface area (Å²) >= 11 is 0. The van der Waals surface area contributed by atoms with E-state index in [2.05, 4.69) is 15.6 Å². The van der Waals surface area contributed by atoms with E-state index in [1.54, 1.807) is 6.07 Å². The summed E-state index contributed by atoms with van der Waals surface area (Å²) in [4.78, 5) is 23.5. The topological polar surface area (TPSA) is 170 Å². The van der Waals surface area contributed by atoms with Gasteiger partial charge in [0.05, 0.1) is 18.2 Å². The Morgan fingerprint density at radius 3 is 2.64 bits per heavy atom. The zero-order valence-corrected chi connectivity index (χ0v) is 20.0. The molecule has 0 aliphatic carbocycles. The van der Waals surface area contributed by atoms with Crippen LogP contribution in [0.1, 0.15) is 13.0 Å². The van der Waals surface area contributed by atoms with Crippen LogP contribution >= 0.6 is 0 Å². The number of nitrogens with zero attached hydrogens (tertiary/aromatic N) is 3. The van der Waals surface area contributed by atoms with Gasteiger partial charge in [-0.2, -0.15) is 0 Å². The number of hydrogen-bond donors (Lipinski definition) is 4. The largest absolute Gasteiger partial charge is 1.00 e. The van der Waals surface area contributed by atoms with E-state index in [1.807, 2.05) is 30.3 Å². The quantitative estimate of drug-likeness (QED) is 0.262. The third kappa shape index (κ3) is 4.74. The van der Waals surface area contributed by atoms with Gasteiger partial charge in [-0.05, 0) is 17.5 Å². The van der Waals surface area contributed by atoms with Crippen molar-refractivity contribution in [2.45, 2.75) is 37.3 Å². The van der Waals surface area contributed by atoms with Gasteiger partial charge in [-0.3, -0.25) is 4.79 Å². The molecular formula is C21H21N4NaO7. The SMILES string of the molecule is CC(=O)N[C@H]1[C@H]([C@H](O)[C@H](O)CO)OC(C(=O)[O-])=C[C@@H]1n1nnc2c3ccccc3ccc21.[Na+]. The molecule has 0 bridgehead atoms. The number of rotatable bonds is 6. The van der Waals surface area contributed by atoms with E-state index in [0.717, 1.165) is 10.8 Å². The number of benzene rings is 2. The first-order valence-electron chi connectivity index (χ1n) is 9.88. The second-order valence-electron chi connectivity index (χ2n) is 7.55. The molecule has 0 saturated carbocycles. The van der Waals surface area contributed by atoms with Crippen molar-refractivity contribution in [2.24, 2.45) is 0 Å². The number of aromatic nitrogens is 3. The Balaban J connectivity index is 0.00000306. The summed E-state index contributed by atoms with van der Waals surface area (Å²) in [6.45, 7) is 0.439. The van der Waals surface area contributed by atoms with Crippen LogP contribution in [0.3, 0.4) is 0 Å². The molecule has 2 aromatic carbocycles. The first-order chi connectivity index (χ1) is 15.3. The monoisotopic (exact) mass is 464 g/mol. The molecule has 1 aromatic heterocycles. The number of carboxylic acid groups (broad SMARTS) is 1. The van der Waals surface area contributed by atoms with E-state index in [4.69, 9.17) is 4.74 Å². The number of aliphatic hydroxyl groups excluding tert-OH is 3. The molecule has 2 heterocycles. The second kappa shape index (κ2) is 10.2. The fourth-order valence-corrected chi connectivity index (χ4v) is 3.96. The average Bonchev–Trinajstić information content (AvgIpc) is 3.22. The van der Waals surface area contributed by atoms with E-state index >= 15 is 0 Å². The maximum atomic E-state index is 11.9. The summed E-state index contributed by atoms with van der Waals surface area (Å²) in [7, 11) is 0. The van der Waals surface area contributed by atoms with Crippen LogP contribution in [0.15, 0.2) is 48.2 Å².